The molecule has 0 aliphatic heterocycles. The Kier molecular flexibility index (Phi) is 5.55. The molecule has 0 heterocycles. The first-order valence-electron chi connectivity index (χ1n) is 6.95. The lowest BCUT2D eigenvalue weighted by Crippen LogP contribution is -2.07. The molecular formula is C16H17O6P. The van der Waals surface area contributed by atoms with Crippen LogP contribution in [0.4, 0.5) is 0 Å². The highest BCUT2D eigenvalue weighted by Crippen LogP contribution is 2.44. The summed E-state index contributed by atoms with van der Waals surface area (Å²) in [6.45, 7) is 4.05. The number of hydrogen-bond donors (Lipinski definition) is 1. The van der Waals surface area contributed by atoms with Crippen molar-refractivity contribution in [1.29, 1.82) is 0 Å². The fourth-order valence-electron chi connectivity index (χ4n) is 1.77. The molecule has 0 radical (unpaired) electrons. The van der Waals surface area contributed by atoms with Crippen LogP contribution in [0.2, 0.25) is 0 Å². The molecule has 1 N–H and O–H groups in total. The lowest BCUT2D eigenvalue weighted by atomic mass is 10.0. The van der Waals surface area contributed by atoms with E-state index >= 15 is 0 Å². The highest BCUT2D eigenvalue weighted by atomic mass is 31.2. The Labute approximate surface area is 134 Å². The number of carbonyl (C=O) groups excluding carboxylic acids is 1. The Hall–Kier alpha value is -2.14. The van der Waals surface area contributed by atoms with Gasteiger partial charge in [0.15, 0.2) is 0 Å². The number of carbonyl (C=O) groups is 1. The van der Waals surface area contributed by atoms with Gasteiger partial charge in [-0.15, -0.1) is 0 Å². The predicted octanol–water partition coefficient (Wildman–Crippen LogP) is 4.08. The summed E-state index contributed by atoms with van der Waals surface area (Å²) in [5.41, 5.74) is 1.25. The molecule has 7 heteroatoms. The van der Waals surface area contributed by atoms with Crippen LogP contribution in [-0.4, -0.2) is 10.9 Å². The van der Waals surface area contributed by atoms with Crippen LogP contribution in [0.3, 0.4) is 0 Å². The van der Waals surface area contributed by atoms with Gasteiger partial charge in [0.1, 0.15) is 5.75 Å². The van der Waals surface area contributed by atoms with E-state index < -0.39 is 13.8 Å². The first kappa shape index (κ1) is 17.2. The molecule has 23 heavy (non-hydrogen) atoms. The first-order valence-corrected chi connectivity index (χ1v) is 8.45. The van der Waals surface area contributed by atoms with Crippen molar-refractivity contribution in [2.75, 3.05) is 0 Å². The van der Waals surface area contributed by atoms with Gasteiger partial charge in [0.25, 0.3) is 0 Å². The van der Waals surface area contributed by atoms with Crippen LogP contribution in [0.25, 0.3) is 0 Å². The van der Waals surface area contributed by atoms with Crippen LogP contribution in [0.15, 0.2) is 54.6 Å². The lowest BCUT2D eigenvalue weighted by Gasteiger charge is -2.12. The third kappa shape index (κ3) is 5.21. The zero-order valence-electron chi connectivity index (χ0n) is 12.7. The normalized spacial score (nSPS) is 13.4. The molecule has 0 amide bonds. The van der Waals surface area contributed by atoms with Crippen molar-refractivity contribution in [3.63, 3.8) is 0 Å². The molecule has 6 nitrogen and oxygen atoms in total. The monoisotopic (exact) mass is 336 g/mol. The number of rotatable bonds is 6. The average Bonchev–Trinajstić information content (AvgIpc) is 2.53. The Morgan fingerprint density at radius 2 is 1.65 bits per heavy atom. The van der Waals surface area contributed by atoms with Gasteiger partial charge in [-0.05, 0) is 35.7 Å². The van der Waals surface area contributed by atoms with Gasteiger partial charge in [-0.3, -0.25) is 9.78 Å². The Bertz CT molecular complexity index is 696. The van der Waals surface area contributed by atoms with Crippen LogP contribution < -0.4 is 4.52 Å². The van der Waals surface area contributed by atoms with E-state index in [1.807, 2.05) is 13.8 Å². The van der Waals surface area contributed by atoms with E-state index in [4.69, 9.17) is 4.52 Å². The largest absolute Gasteiger partial charge is 0.564 e. The van der Waals surface area contributed by atoms with E-state index in [1.54, 1.807) is 42.5 Å². The molecule has 2 aromatic carbocycles. The van der Waals surface area contributed by atoms with E-state index in [1.165, 1.54) is 12.1 Å². The van der Waals surface area contributed by atoms with E-state index in [-0.39, 0.29) is 11.3 Å². The molecule has 0 bridgehead atoms. The Morgan fingerprint density at radius 3 is 2.22 bits per heavy atom. The van der Waals surface area contributed by atoms with Crippen LogP contribution in [0, 0.1) is 0 Å². The smallest absolute Gasteiger partial charge is 0.402 e. The van der Waals surface area contributed by atoms with E-state index in [0.29, 0.717) is 5.92 Å². The zero-order chi connectivity index (χ0) is 16.9. The fraction of sp³-hybridized carbons (Fsp3) is 0.188. The first-order chi connectivity index (χ1) is 10.9. The second kappa shape index (κ2) is 7.42. The summed E-state index contributed by atoms with van der Waals surface area (Å²) in [5, 5.41) is 0. The van der Waals surface area contributed by atoms with E-state index in [0.717, 1.165) is 5.56 Å². The van der Waals surface area contributed by atoms with Crippen LogP contribution in [0.1, 0.15) is 35.7 Å². The molecule has 0 saturated carbocycles. The maximum absolute atomic E-state index is 11.8. The van der Waals surface area contributed by atoms with Crippen molar-refractivity contribution in [1.82, 2.24) is 0 Å². The number of benzene rings is 2. The topological polar surface area (TPSA) is 82.1 Å². The van der Waals surface area contributed by atoms with Gasteiger partial charge < -0.3 is 4.52 Å². The Morgan fingerprint density at radius 1 is 1.04 bits per heavy atom. The summed E-state index contributed by atoms with van der Waals surface area (Å²) in [7, 11) is -4.57. The maximum atomic E-state index is 11.8. The summed E-state index contributed by atoms with van der Waals surface area (Å²) in [6, 6.07) is 14.6. The van der Waals surface area contributed by atoms with Gasteiger partial charge in [0.05, 0.1) is 5.56 Å². The van der Waals surface area contributed by atoms with Gasteiger partial charge in [-0.2, -0.15) is 0 Å². The van der Waals surface area contributed by atoms with Crippen LogP contribution in [0.5, 0.6) is 5.75 Å². The van der Waals surface area contributed by atoms with Crippen molar-refractivity contribution in [2.24, 2.45) is 0 Å². The quantitative estimate of drug-likeness (QED) is 0.486. The highest BCUT2D eigenvalue weighted by Gasteiger charge is 2.27. The minimum absolute atomic E-state index is 0.135. The summed E-state index contributed by atoms with van der Waals surface area (Å²) < 4.78 is 20.9. The second-order valence-electron chi connectivity index (χ2n) is 5.09. The third-order valence-electron chi connectivity index (χ3n) is 2.98. The molecule has 0 aliphatic rings. The third-order valence-corrected chi connectivity index (χ3v) is 3.69. The van der Waals surface area contributed by atoms with Gasteiger partial charge >= 0.3 is 13.8 Å². The number of phosphoric acid groups is 1. The minimum atomic E-state index is -4.57. The van der Waals surface area contributed by atoms with E-state index in [2.05, 4.69) is 9.56 Å². The number of hydrogen-bond acceptors (Lipinski definition) is 5. The van der Waals surface area contributed by atoms with Gasteiger partial charge in [0.2, 0.25) is 0 Å². The van der Waals surface area contributed by atoms with Crippen molar-refractivity contribution in [2.45, 2.75) is 19.8 Å². The molecular weight excluding hydrogens is 319 g/mol. The average molecular weight is 336 g/mol. The summed E-state index contributed by atoms with van der Waals surface area (Å²) in [4.78, 5) is 25.6. The summed E-state index contributed by atoms with van der Waals surface area (Å²) in [5.74, 6) is -0.428. The lowest BCUT2D eigenvalue weighted by molar-refractivity contribution is -0.165. The molecule has 0 fully saturated rings. The van der Waals surface area contributed by atoms with Gasteiger partial charge in [0, 0.05) is 0 Å². The zero-order valence-corrected chi connectivity index (χ0v) is 13.6. The van der Waals surface area contributed by atoms with Crippen LogP contribution >= 0.6 is 7.82 Å². The number of phosphoric ester groups is 1. The molecule has 1 unspecified atom stereocenters. The molecule has 1 atom stereocenters. The highest BCUT2D eigenvalue weighted by molar-refractivity contribution is 7.47. The van der Waals surface area contributed by atoms with Crippen molar-refractivity contribution in [3.05, 3.63) is 65.7 Å². The van der Waals surface area contributed by atoms with Crippen molar-refractivity contribution >= 4 is 13.8 Å². The minimum Gasteiger partial charge on any atom is -0.402 e. The Balaban J connectivity index is 1.94. The molecule has 2 rings (SSSR count). The maximum Gasteiger partial charge on any atom is 0.564 e. The van der Waals surface area contributed by atoms with Crippen molar-refractivity contribution < 1.29 is 28.3 Å². The van der Waals surface area contributed by atoms with E-state index in [9.17, 15) is 14.3 Å². The van der Waals surface area contributed by atoms with Gasteiger partial charge in [-0.25, -0.2) is 9.36 Å². The molecule has 0 saturated heterocycles. The molecule has 0 aromatic heterocycles. The summed E-state index contributed by atoms with van der Waals surface area (Å²) in [6.07, 6.45) is 0. The van der Waals surface area contributed by atoms with Crippen LogP contribution in [-0.2, 0) is 14.1 Å². The molecule has 0 spiro atoms. The van der Waals surface area contributed by atoms with Gasteiger partial charge in [-0.1, -0.05) is 48.9 Å². The SMILES string of the molecule is CC(C)c1ccc(OP(=O)(O)OOC(=O)c2ccccc2)cc1. The second-order valence-corrected chi connectivity index (χ2v) is 6.36. The summed E-state index contributed by atoms with van der Waals surface area (Å²) >= 11 is 0. The standard InChI is InChI=1S/C16H17O6P/c1-12(2)13-8-10-15(11-9-13)21-23(18,19)22-20-16(17)14-6-4-3-5-7-14/h3-12H,1-2H3,(H,18,19). The molecule has 2 aromatic rings. The fourth-order valence-corrected chi connectivity index (χ4v) is 2.35. The predicted molar refractivity (Wildman–Crippen MR) is 83.9 cm³/mol. The van der Waals surface area contributed by atoms with Crippen molar-refractivity contribution in [3.8, 4) is 5.75 Å². The molecule has 122 valence electrons. The molecule has 0 aliphatic carbocycles.